The van der Waals surface area contributed by atoms with E-state index in [1.807, 2.05) is 0 Å². The molecule has 4 N–H and O–H groups in total. The van der Waals surface area contributed by atoms with Crippen molar-refractivity contribution in [3.8, 4) is 0 Å². The maximum atomic E-state index is 11.6. The van der Waals surface area contributed by atoms with Gasteiger partial charge in [-0.25, -0.2) is 4.79 Å². The van der Waals surface area contributed by atoms with Crippen LogP contribution in [-0.4, -0.2) is 39.6 Å². The zero-order chi connectivity index (χ0) is 13.0. The molecule has 0 aliphatic heterocycles. The highest BCUT2D eigenvalue weighted by Gasteiger charge is 2.14. The average Bonchev–Trinajstić information content (AvgIpc) is 2.29. The predicted octanol–water partition coefficient (Wildman–Crippen LogP) is -1.37. The molecule has 0 saturated heterocycles. The van der Waals surface area contributed by atoms with Gasteiger partial charge in [-0.2, -0.15) is 4.98 Å². The second-order valence-corrected chi connectivity index (χ2v) is 3.72. The van der Waals surface area contributed by atoms with Crippen molar-refractivity contribution in [3.05, 3.63) is 21.7 Å². The third-order valence-corrected chi connectivity index (χ3v) is 2.49. The molecule has 1 unspecified atom stereocenters. The number of nitrogen functional groups attached to an aromatic ring is 1. The summed E-state index contributed by atoms with van der Waals surface area (Å²) < 4.78 is 6.24. The lowest BCUT2D eigenvalue weighted by atomic mass is 10.2. The Hall–Kier alpha value is -1.44. The van der Waals surface area contributed by atoms with Gasteiger partial charge in [0, 0.05) is 18.4 Å². The molecule has 0 aliphatic carbocycles. The summed E-state index contributed by atoms with van der Waals surface area (Å²) in [6.45, 7) is 1.49. The maximum absolute atomic E-state index is 11.6. The molecule has 1 aromatic heterocycles. The van der Waals surface area contributed by atoms with E-state index in [1.54, 1.807) is 6.92 Å². The Balaban J connectivity index is 3.20. The van der Waals surface area contributed by atoms with Gasteiger partial charge in [0.2, 0.25) is 0 Å². The van der Waals surface area contributed by atoms with Crippen LogP contribution in [0.25, 0.3) is 0 Å². The van der Waals surface area contributed by atoms with E-state index in [4.69, 9.17) is 15.6 Å². The molecule has 17 heavy (non-hydrogen) atoms. The fourth-order valence-corrected chi connectivity index (χ4v) is 1.53. The van der Waals surface area contributed by atoms with Crippen molar-refractivity contribution in [2.45, 2.75) is 26.2 Å². The second kappa shape index (κ2) is 5.76. The van der Waals surface area contributed by atoms with Gasteiger partial charge in [0.25, 0.3) is 0 Å². The summed E-state index contributed by atoms with van der Waals surface area (Å²) in [6.07, 6.45) is -1.01. The molecule has 1 rings (SSSR count). The predicted molar refractivity (Wildman–Crippen MR) is 61.5 cm³/mol. The van der Waals surface area contributed by atoms with Gasteiger partial charge >= 0.3 is 5.69 Å². The van der Waals surface area contributed by atoms with Crippen LogP contribution in [0.1, 0.15) is 11.3 Å². The maximum Gasteiger partial charge on any atom is 0.349 e. The van der Waals surface area contributed by atoms with Crippen molar-refractivity contribution in [2.24, 2.45) is 0 Å². The molecule has 1 heterocycles. The summed E-state index contributed by atoms with van der Waals surface area (Å²) in [5, 5.41) is 18.1. The van der Waals surface area contributed by atoms with Gasteiger partial charge in [-0.3, -0.25) is 4.57 Å². The standard InChI is InChI=1S/C10H17N3O4/c1-6-8(5-17-2)9(11)12-10(16)13(6)3-7(15)4-14/h7,14-15H,3-5H2,1-2H3,(H2,11,12,16). The minimum absolute atomic E-state index is 0.0227. The van der Waals surface area contributed by atoms with Gasteiger partial charge in [0.1, 0.15) is 5.82 Å². The molecule has 0 aromatic carbocycles. The van der Waals surface area contributed by atoms with Gasteiger partial charge in [-0.15, -0.1) is 0 Å². The number of nitrogens with two attached hydrogens (primary N) is 1. The molecule has 0 aliphatic rings. The van der Waals surface area contributed by atoms with E-state index in [1.165, 1.54) is 11.7 Å². The summed E-state index contributed by atoms with van der Waals surface area (Å²) in [5.41, 5.74) is 6.26. The number of hydrogen-bond acceptors (Lipinski definition) is 6. The number of anilines is 1. The van der Waals surface area contributed by atoms with Crippen LogP contribution >= 0.6 is 0 Å². The van der Waals surface area contributed by atoms with E-state index in [0.717, 1.165) is 0 Å². The fraction of sp³-hybridized carbons (Fsp3) is 0.600. The number of rotatable bonds is 5. The third kappa shape index (κ3) is 3.02. The first kappa shape index (κ1) is 13.6. The number of aliphatic hydroxyl groups is 2. The second-order valence-electron chi connectivity index (χ2n) is 3.72. The van der Waals surface area contributed by atoms with Crippen molar-refractivity contribution in [3.63, 3.8) is 0 Å². The van der Waals surface area contributed by atoms with Crippen LogP contribution in [0.2, 0.25) is 0 Å². The van der Waals surface area contributed by atoms with Gasteiger partial charge in [-0.1, -0.05) is 0 Å². The zero-order valence-corrected chi connectivity index (χ0v) is 9.88. The highest BCUT2D eigenvalue weighted by atomic mass is 16.5. The van der Waals surface area contributed by atoms with Gasteiger partial charge in [0.15, 0.2) is 0 Å². The van der Waals surface area contributed by atoms with Crippen molar-refractivity contribution < 1.29 is 14.9 Å². The molecule has 7 heteroatoms. The minimum Gasteiger partial charge on any atom is -0.394 e. The molecule has 96 valence electrons. The lowest BCUT2D eigenvalue weighted by molar-refractivity contribution is 0.0792. The summed E-state index contributed by atoms with van der Waals surface area (Å²) in [4.78, 5) is 15.3. The quantitative estimate of drug-likeness (QED) is 0.588. The van der Waals surface area contributed by atoms with Crippen molar-refractivity contribution in [2.75, 3.05) is 19.5 Å². The van der Waals surface area contributed by atoms with Crippen LogP contribution in [0.5, 0.6) is 0 Å². The molecular weight excluding hydrogens is 226 g/mol. The molecule has 1 atom stereocenters. The lowest BCUT2D eigenvalue weighted by Crippen LogP contribution is -2.33. The van der Waals surface area contributed by atoms with E-state index in [-0.39, 0.29) is 19.0 Å². The van der Waals surface area contributed by atoms with Crippen LogP contribution < -0.4 is 11.4 Å². The Labute approximate surface area is 98.5 Å². The first-order chi connectivity index (χ1) is 8.01. The minimum atomic E-state index is -1.01. The van der Waals surface area contributed by atoms with E-state index in [0.29, 0.717) is 11.3 Å². The summed E-state index contributed by atoms with van der Waals surface area (Å²) >= 11 is 0. The number of hydrogen-bond donors (Lipinski definition) is 3. The average molecular weight is 243 g/mol. The van der Waals surface area contributed by atoms with Crippen molar-refractivity contribution >= 4 is 5.82 Å². The Bertz CT molecular complexity index is 444. The van der Waals surface area contributed by atoms with Crippen molar-refractivity contribution in [1.29, 1.82) is 0 Å². The topological polar surface area (TPSA) is 111 Å². The zero-order valence-electron chi connectivity index (χ0n) is 9.88. The first-order valence-corrected chi connectivity index (χ1v) is 5.14. The molecular formula is C10H17N3O4. The number of aromatic nitrogens is 2. The van der Waals surface area contributed by atoms with Crippen LogP contribution in [0.15, 0.2) is 4.79 Å². The first-order valence-electron chi connectivity index (χ1n) is 5.14. The van der Waals surface area contributed by atoms with Crippen LogP contribution in [-0.2, 0) is 17.9 Å². The molecule has 0 bridgehead atoms. The fourth-order valence-electron chi connectivity index (χ4n) is 1.53. The SMILES string of the molecule is COCc1c(N)nc(=O)n(CC(O)CO)c1C. The van der Waals surface area contributed by atoms with Gasteiger partial charge in [-0.05, 0) is 6.92 Å². The number of nitrogens with zero attached hydrogens (tertiary/aromatic N) is 2. The lowest BCUT2D eigenvalue weighted by Gasteiger charge is -2.16. The third-order valence-electron chi connectivity index (χ3n) is 2.49. The molecule has 0 amide bonds. The molecule has 7 nitrogen and oxygen atoms in total. The van der Waals surface area contributed by atoms with Crippen LogP contribution in [0.4, 0.5) is 5.82 Å². The molecule has 0 radical (unpaired) electrons. The Morgan fingerprint density at radius 1 is 1.59 bits per heavy atom. The monoisotopic (exact) mass is 243 g/mol. The Kier molecular flexibility index (Phi) is 4.62. The Morgan fingerprint density at radius 3 is 2.76 bits per heavy atom. The molecule has 1 aromatic rings. The largest absolute Gasteiger partial charge is 0.394 e. The van der Waals surface area contributed by atoms with Crippen molar-refractivity contribution in [1.82, 2.24) is 9.55 Å². The van der Waals surface area contributed by atoms with E-state index in [2.05, 4.69) is 4.98 Å². The van der Waals surface area contributed by atoms with Crippen LogP contribution in [0.3, 0.4) is 0 Å². The van der Waals surface area contributed by atoms with E-state index >= 15 is 0 Å². The summed E-state index contributed by atoms with van der Waals surface area (Å²) in [5.74, 6) is 0.129. The number of methoxy groups -OCH3 is 1. The summed E-state index contributed by atoms with van der Waals surface area (Å²) in [7, 11) is 1.51. The number of aliphatic hydroxyl groups excluding tert-OH is 2. The summed E-state index contributed by atoms with van der Waals surface area (Å²) in [6, 6.07) is 0. The highest BCUT2D eigenvalue weighted by Crippen LogP contribution is 2.13. The molecule has 0 fully saturated rings. The van der Waals surface area contributed by atoms with Gasteiger partial charge < -0.3 is 20.7 Å². The molecule has 0 saturated carbocycles. The van der Waals surface area contributed by atoms with E-state index < -0.39 is 18.4 Å². The van der Waals surface area contributed by atoms with Crippen LogP contribution in [0, 0.1) is 6.92 Å². The van der Waals surface area contributed by atoms with E-state index in [9.17, 15) is 9.90 Å². The Morgan fingerprint density at radius 2 is 2.24 bits per heavy atom. The van der Waals surface area contributed by atoms with Gasteiger partial charge in [0.05, 0.1) is 25.9 Å². The highest BCUT2D eigenvalue weighted by molar-refractivity contribution is 5.40. The number of ether oxygens (including phenoxy) is 1. The molecule has 0 spiro atoms. The normalized spacial score (nSPS) is 12.7. The smallest absolute Gasteiger partial charge is 0.349 e.